The molecule has 108 valence electrons. The third-order valence-electron chi connectivity index (χ3n) is 3.82. The lowest BCUT2D eigenvalue weighted by Gasteiger charge is -2.29. The highest BCUT2D eigenvalue weighted by Crippen LogP contribution is 2.30. The van der Waals surface area contributed by atoms with Crippen molar-refractivity contribution < 1.29 is 4.79 Å². The number of aryl methyl sites for hydroxylation is 2. The van der Waals surface area contributed by atoms with E-state index >= 15 is 0 Å². The molecule has 2 N–H and O–H groups in total. The first-order valence-corrected chi connectivity index (χ1v) is 6.93. The van der Waals surface area contributed by atoms with E-state index in [0.717, 1.165) is 24.1 Å². The smallest absolute Gasteiger partial charge is 0.258 e. The van der Waals surface area contributed by atoms with Crippen molar-refractivity contribution in [3.05, 3.63) is 58.0 Å². The van der Waals surface area contributed by atoms with Crippen molar-refractivity contribution in [2.24, 2.45) is 7.05 Å². The van der Waals surface area contributed by atoms with Gasteiger partial charge in [-0.2, -0.15) is 0 Å². The summed E-state index contributed by atoms with van der Waals surface area (Å²) in [5.74, 6) is -0.153. The molecule has 0 radical (unpaired) electrons. The summed E-state index contributed by atoms with van der Waals surface area (Å²) in [6.07, 6.45) is 3.46. The molecule has 1 amide bonds. The van der Waals surface area contributed by atoms with Crippen LogP contribution in [0, 0.1) is 0 Å². The molecule has 0 unspecified atom stereocenters. The predicted molar refractivity (Wildman–Crippen MR) is 82.5 cm³/mol. The van der Waals surface area contributed by atoms with Crippen molar-refractivity contribution in [2.75, 3.05) is 17.2 Å². The number of hydrogen-bond donors (Lipinski definition) is 1. The van der Waals surface area contributed by atoms with Gasteiger partial charge in [-0.15, -0.1) is 0 Å². The van der Waals surface area contributed by atoms with Crippen LogP contribution in [0.1, 0.15) is 22.3 Å². The molecule has 0 bridgehead atoms. The number of anilines is 2. The van der Waals surface area contributed by atoms with Gasteiger partial charge in [-0.05, 0) is 36.6 Å². The Morgan fingerprint density at radius 1 is 1.24 bits per heavy atom. The molecule has 21 heavy (non-hydrogen) atoms. The average molecular weight is 283 g/mol. The minimum atomic E-state index is -0.189. The molecule has 5 nitrogen and oxygen atoms in total. The van der Waals surface area contributed by atoms with E-state index in [1.807, 2.05) is 18.2 Å². The first-order chi connectivity index (χ1) is 10.1. The van der Waals surface area contributed by atoms with Gasteiger partial charge in [-0.1, -0.05) is 6.07 Å². The van der Waals surface area contributed by atoms with E-state index in [1.54, 1.807) is 24.2 Å². The molecular weight excluding hydrogens is 266 g/mol. The predicted octanol–water partition coefficient (Wildman–Crippen LogP) is 1.56. The fourth-order valence-electron chi connectivity index (χ4n) is 2.64. The summed E-state index contributed by atoms with van der Waals surface area (Å²) in [7, 11) is 1.66. The summed E-state index contributed by atoms with van der Waals surface area (Å²) < 4.78 is 1.44. The van der Waals surface area contributed by atoms with Gasteiger partial charge >= 0.3 is 0 Å². The van der Waals surface area contributed by atoms with Crippen LogP contribution in [0.2, 0.25) is 0 Å². The molecule has 0 aliphatic carbocycles. The maximum Gasteiger partial charge on any atom is 0.258 e. The van der Waals surface area contributed by atoms with Gasteiger partial charge in [0.2, 0.25) is 0 Å². The highest BCUT2D eigenvalue weighted by Gasteiger charge is 2.24. The van der Waals surface area contributed by atoms with Crippen LogP contribution in [-0.4, -0.2) is 17.0 Å². The molecule has 1 aliphatic rings. The second kappa shape index (κ2) is 5.09. The zero-order chi connectivity index (χ0) is 15.0. The lowest BCUT2D eigenvalue weighted by Crippen LogP contribution is -2.36. The number of rotatable bonds is 1. The first-order valence-electron chi connectivity index (χ1n) is 6.93. The van der Waals surface area contributed by atoms with Crippen LogP contribution in [0.3, 0.4) is 0 Å². The number of fused-ring (bicyclic) bond motifs is 1. The molecule has 2 aromatic rings. The van der Waals surface area contributed by atoms with Crippen LogP contribution in [0.25, 0.3) is 0 Å². The molecule has 5 heteroatoms. The number of nitrogen functional groups attached to an aromatic ring is 1. The van der Waals surface area contributed by atoms with Crippen molar-refractivity contribution in [1.82, 2.24) is 4.57 Å². The van der Waals surface area contributed by atoms with E-state index in [9.17, 15) is 9.59 Å². The Kier molecular flexibility index (Phi) is 3.25. The van der Waals surface area contributed by atoms with E-state index in [0.29, 0.717) is 17.8 Å². The Morgan fingerprint density at radius 2 is 2.05 bits per heavy atom. The number of carbonyl (C=O) groups is 1. The number of pyridine rings is 1. The van der Waals surface area contributed by atoms with E-state index in [4.69, 9.17) is 5.73 Å². The third-order valence-corrected chi connectivity index (χ3v) is 3.82. The monoisotopic (exact) mass is 283 g/mol. The molecule has 1 aliphatic heterocycles. The molecule has 0 saturated carbocycles. The normalized spacial score (nSPS) is 13.9. The molecule has 0 fully saturated rings. The zero-order valence-electron chi connectivity index (χ0n) is 11.9. The fourth-order valence-corrected chi connectivity index (χ4v) is 2.64. The Bertz CT molecular complexity index is 764. The lowest BCUT2D eigenvalue weighted by atomic mass is 10.0. The number of hydrogen-bond acceptors (Lipinski definition) is 3. The van der Waals surface area contributed by atoms with Gasteiger partial charge in [0, 0.05) is 42.8 Å². The van der Waals surface area contributed by atoms with Crippen LogP contribution in [0.4, 0.5) is 11.4 Å². The number of nitrogens with zero attached hydrogens (tertiary/aromatic N) is 2. The fraction of sp³-hybridized carbons (Fsp3) is 0.250. The second-order valence-corrected chi connectivity index (χ2v) is 5.31. The Morgan fingerprint density at radius 3 is 2.81 bits per heavy atom. The number of aromatic nitrogens is 1. The third kappa shape index (κ3) is 2.42. The van der Waals surface area contributed by atoms with Gasteiger partial charge in [-0.3, -0.25) is 9.59 Å². The summed E-state index contributed by atoms with van der Waals surface area (Å²) in [4.78, 5) is 26.1. The molecule has 1 aromatic carbocycles. The zero-order valence-corrected chi connectivity index (χ0v) is 11.9. The minimum Gasteiger partial charge on any atom is -0.399 e. The summed E-state index contributed by atoms with van der Waals surface area (Å²) in [5, 5.41) is 0. The van der Waals surface area contributed by atoms with E-state index < -0.39 is 0 Å². The van der Waals surface area contributed by atoms with Crippen molar-refractivity contribution in [1.29, 1.82) is 0 Å². The van der Waals surface area contributed by atoms with E-state index in [-0.39, 0.29) is 11.5 Å². The number of nitrogens with two attached hydrogens (primary N) is 1. The highest BCUT2D eigenvalue weighted by molar-refractivity contribution is 6.06. The van der Waals surface area contributed by atoms with Crippen LogP contribution >= 0.6 is 0 Å². The van der Waals surface area contributed by atoms with Crippen molar-refractivity contribution in [3.8, 4) is 0 Å². The molecule has 0 atom stereocenters. The van der Waals surface area contributed by atoms with Crippen molar-refractivity contribution in [2.45, 2.75) is 12.8 Å². The molecule has 0 spiro atoms. The second-order valence-electron chi connectivity index (χ2n) is 5.31. The van der Waals surface area contributed by atoms with E-state index in [2.05, 4.69) is 0 Å². The van der Waals surface area contributed by atoms with Gasteiger partial charge in [0.05, 0.1) is 0 Å². The Balaban J connectivity index is 2.01. The van der Waals surface area contributed by atoms with Crippen LogP contribution in [0.15, 0.2) is 41.3 Å². The molecule has 2 heterocycles. The molecule has 0 saturated heterocycles. The SMILES string of the molecule is Cn1ccc(C(=O)N2CCCc3ccc(N)cc32)cc1=O. The number of carbonyl (C=O) groups excluding carboxylic acids is 1. The average Bonchev–Trinajstić information content (AvgIpc) is 2.48. The maximum atomic E-state index is 12.7. The quantitative estimate of drug-likeness (QED) is 0.808. The summed E-state index contributed by atoms with van der Waals surface area (Å²) >= 11 is 0. The number of benzene rings is 1. The Labute approximate surface area is 122 Å². The van der Waals surface area contributed by atoms with Gasteiger partial charge in [0.15, 0.2) is 0 Å². The van der Waals surface area contributed by atoms with Gasteiger partial charge in [0.25, 0.3) is 11.5 Å². The summed E-state index contributed by atoms with van der Waals surface area (Å²) in [5.41, 5.74) is 8.67. The first kappa shape index (κ1) is 13.4. The van der Waals surface area contributed by atoms with Gasteiger partial charge < -0.3 is 15.2 Å². The summed E-state index contributed by atoms with van der Waals surface area (Å²) in [6, 6.07) is 8.69. The largest absolute Gasteiger partial charge is 0.399 e. The maximum absolute atomic E-state index is 12.7. The summed E-state index contributed by atoms with van der Waals surface area (Å²) in [6.45, 7) is 0.643. The van der Waals surface area contributed by atoms with Crippen LogP contribution < -0.4 is 16.2 Å². The van der Waals surface area contributed by atoms with Crippen molar-refractivity contribution >= 4 is 17.3 Å². The standard InChI is InChI=1S/C16H17N3O2/c1-18-8-6-12(9-15(18)20)16(21)19-7-2-3-11-4-5-13(17)10-14(11)19/h4-6,8-10H,2-3,7,17H2,1H3. The highest BCUT2D eigenvalue weighted by atomic mass is 16.2. The molecular formula is C16H17N3O2. The van der Waals surface area contributed by atoms with Crippen LogP contribution in [-0.2, 0) is 13.5 Å². The van der Waals surface area contributed by atoms with Crippen LogP contribution in [0.5, 0.6) is 0 Å². The van der Waals surface area contributed by atoms with Gasteiger partial charge in [0.1, 0.15) is 0 Å². The van der Waals surface area contributed by atoms with Crippen molar-refractivity contribution in [3.63, 3.8) is 0 Å². The van der Waals surface area contributed by atoms with Gasteiger partial charge in [-0.25, -0.2) is 0 Å². The molecule has 3 rings (SSSR count). The minimum absolute atomic E-state index is 0.153. The molecule has 1 aromatic heterocycles. The number of amides is 1. The van der Waals surface area contributed by atoms with E-state index in [1.165, 1.54) is 10.6 Å². The topological polar surface area (TPSA) is 68.3 Å². The Hall–Kier alpha value is -2.56. The lowest BCUT2D eigenvalue weighted by molar-refractivity contribution is 0.0985.